The number of esters is 1. The van der Waals surface area contributed by atoms with Crippen molar-refractivity contribution in [3.05, 3.63) is 29.1 Å². The Hall–Kier alpha value is -1.95. The van der Waals surface area contributed by atoms with Crippen LogP contribution >= 0.6 is 0 Å². The number of methoxy groups -OCH3 is 2. The molecule has 6 heteroatoms. The van der Waals surface area contributed by atoms with Crippen LogP contribution in [0.4, 0.5) is 0 Å². The molecule has 1 rings (SSSR count). The van der Waals surface area contributed by atoms with E-state index >= 15 is 0 Å². The second kappa shape index (κ2) is 5.82. The van der Waals surface area contributed by atoms with E-state index in [1.807, 2.05) is 0 Å². The lowest BCUT2D eigenvalue weighted by molar-refractivity contribution is 0.0600. The summed E-state index contributed by atoms with van der Waals surface area (Å²) in [5.41, 5.74) is 1.25. The molecule has 0 aliphatic rings. The molecule has 1 aromatic heterocycles. The zero-order valence-electron chi connectivity index (χ0n) is 9.01. The first kappa shape index (κ1) is 12.1. The van der Waals surface area contributed by atoms with E-state index in [2.05, 4.69) is 14.9 Å². The lowest BCUT2D eigenvalue weighted by atomic mass is 10.2. The van der Waals surface area contributed by atoms with Gasteiger partial charge in [0.1, 0.15) is 0 Å². The first-order valence-corrected chi connectivity index (χ1v) is 4.47. The highest BCUT2D eigenvalue weighted by molar-refractivity contribution is 5.91. The van der Waals surface area contributed by atoms with Crippen molar-refractivity contribution < 1.29 is 19.5 Å². The number of hydrogen-bond donors (Lipinski definition) is 1. The van der Waals surface area contributed by atoms with Crippen LogP contribution in [-0.4, -0.2) is 36.6 Å². The summed E-state index contributed by atoms with van der Waals surface area (Å²) in [5.74, 6) is -0.479. The summed E-state index contributed by atoms with van der Waals surface area (Å²) in [5, 5.41) is 11.3. The van der Waals surface area contributed by atoms with Crippen LogP contribution in [0.1, 0.15) is 21.7 Å². The monoisotopic (exact) mass is 224 g/mol. The van der Waals surface area contributed by atoms with Gasteiger partial charge < -0.3 is 14.7 Å². The normalized spacial score (nSPS) is 10.6. The maximum Gasteiger partial charge on any atom is 0.337 e. The third-order valence-electron chi connectivity index (χ3n) is 1.80. The number of nitrogens with zero attached hydrogens (tertiary/aromatic N) is 2. The fourth-order valence-corrected chi connectivity index (χ4v) is 1.19. The van der Waals surface area contributed by atoms with Crippen molar-refractivity contribution in [1.29, 1.82) is 0 Å². The number of aromatic nitrogens is 1. The molecule has 0 spiro atoms. The molecule has 0 aliphatic heterocycles. The second-order valence-corrected chi connectivity index (χ2v) is 2.94. The van der Waals surface area contributed by atoms with E-state index in [4.69, 9.17) is 9.94 Å². The average molecular weight is 224 g/mol. The van der Waals surface area contributed by atoms with E-state index < -0.39 is 5.97 Å². The molecule has 0 aromatic carbocycles. The highest BCUT2D eigenvalue weighted by atomic mass is 16.5. The highest BCUT2D eigenvalue weighted by Gasteiger charge is 2.09. The molecule has 1 aromatic rings. The molecule has 16 heavy (non-hydrogen) atoms. The summed E-state index contributed by atoms with van der Waals surface area (Å²) < 4.78 is 9.50. The minimum atomic E-state index is -0.479. The van der Waals surface area contributed by atoms with Crippen LogP contribution in [0.25, 0.3) is 0 Å². The number of carbonyl (C=O) groups excluding carboxylic acids is 1. The molecule has 1 N–H and O–H groups in total. The summed E-state index contributed by atoms with van der Waals surface area (Å²) in [4.78, 5) is 15.4. The predicted molar refractivity (Wildman–Crippen MR) is 55.7 cm³/mol. The largest absolute Gasteiger partial charge is 0.465 e. The first-order chi connectivity index (χ1) is 7.71. The summed E-state index contributed by atoms with van der Waals surface area (Å²) in [7, 11) is 2.81. The maximum atomic E-state index is 11.3. The van der Waals surface area contributed by atoms with Gasteiger partial charge in [0.05, 0.1) is 36.9 Å². The van der Waals surface area contributed by atoms with Gasteiger partial charge in [0.2, 0.25) is 0 Å². The van der Waals surface area contributed by atoms with E-state index in [1.165, 1.54) is 20.3 Å². The number of carbonyl (C=O) groups is 1. The van der Waals surface area contributed by atoms with Crippen LogP contribution in [0, 0.1) is 0 Å². The second-order valence-electron chi connectivity index (χ2n) is 2.94. The van der Waals surface area contributed by atoms with Crippen molar-refractivity contribution in [3.63, 3.8) is 0 Å². The fraction of sp³-hybridized carbons (Fsp3) is 0.300. The minimum Gasteiger partial charge on any atom is -0.465 e. The molecule has 0 aliphatic carbocycles. The Bertz CT molecular complexity index is 404. The van der Waals surface area contributed by atoms with Gasteiger partial charge in [-0.25, -0.2) is 9.78 Å². The van der Waals surface area contributed by atoms with E-state index in [1.54, 1.807) is 6.07 Å². The SMILES string of the molecule is COCc1cc(C(=O)OC)cc(C=NO)n1. The van der Waals surface area contributed by atoms with Crippen molar-refractivity contribution >= 4 is 12.2 Å². The Morgan fingerprint density at radius 2 is 2.31 bits per heavy atom. The molecule has 0 saturated carbocycles. The van der Waals surface area contributed by atoms with Crippen LogP contribution in [0.5, 0.6) is 0 Å². The Morgan fingerprint density at radius 1 is 1.56 bits per heavy atom. The van der Waals surface area contributed by atoms with Gasteiger partial charge >= 0.3 is 5.97 Å². The van der Waals surface area contributed by atoms with Crippen molar-refractivity contribution in [2.24, 2.45) is 5.16 Å². The molecule has 0 amide bonds. The number of ether oxygens (including phenoxy) is 2. The van der Waals surface area contributed by atoms with Crippen LogP contribution in [0.3, 0.4) is 0 Å². The molecule has 6 nitrogen and oxygen atoms in total. The number of hydrogen-bond acceptors (Lipinski definition) is 6. The van der Waals surface area contributed by atoms with Crippen LogP contribution < -0.4 is 0 Å². The van der Waals surface area contributed by atoms with Crippen molar-refractivity contribution in [2.75, 3.05) is 14.2 Å². The van der Waals surface area contributed by atoms with Gasteiger partial charge in [-0.2, -0.15) is 0 Å². The fourth-order valence-electron chi connectivity index (χ4n) is 1.19. The van der Waals surface area contributed by atoms with Crippen LogP contribution in [0.2, 0.25) is 0 Å². The van der Waals surface area contributed by atoms with Gasteiger partial charge in [-0.1, -0.05) is 5.16 Å². The van der Waals surface area contributed by atoms with E-state index in [-0.39, 0.29) is 6.61 Å². The number of oxime groups is 1. The predicted octanol–water partition coefficient (Wildman–Crippen LogP) is 0.823. The van der Waals surface area contributed by atoms with Gasteiger partial charge in [0.15, 0.2) is 0 Å². The molecule has 0 fully saturated rings. The molecular formula is C10H12N2O4. The zero-order chi connectivity index (χ0) is 12.0. The van der Waals surface area contributed by atoms with Gasteiger partial charge in [-0.15, -0.1) is 0 Å². The summed E-state index contributed by atoms with van der Waals surface area (Å²) >= 11 is 0. The van der Waals surface area contributed by atoms with Crippen molar-refractivity contribution in [1.82, 2.24) is 4.98 Å². The maximum absolute atomic E-state index is 11.3. The van der Waals surface area contributed by atoms with Gasteiger partial charge in [-0.3, -0.25) is 0 Å². The van der Waals surface area contributed by atoms with Crippen molar-refractivity contribution in [2.45, 2.75) is 6.61 Å². The Kier molecular flexibility index (Phi) is 4.41. The molecule has 1 heterocycles. The number of rotatable bonds is 4. The lowest BCUT2D eigenvalue weighted by Gasteiger charge is -2.04. The third-order valence-corrected chi connectivity index (χ3v) is 1.80. The molecule has 0 atom stereocenters. The third kappa shape index (κ3) is 3.03. The average Bonchev–Trinajstić information content (AvgIpc) is 2.28. The smallest absolute Gasteiger partial charge is 0.337 e. The highest BCUT2D eigenvalue weighted by Crippen LogP contribution is 2.07. The standard InChI is InChI=1S/C10H12N2O4/c1-15-6-9-4-7(10(13)16-2)3-8(12-9)5-11-14/h3-5,14H,6H2,1-2H3. The molecule has 0 radical (unpaired) electrons. The van der Waals surface area contributed by atoms with Gasteiger partial charge in [0.25, 0.3) is 0 Å². The quantitative estimate of drug-likeness (QED) is 0.354. The summed E-state index contributed by atoms with van der Waals surface area (Å²) in [6.07, 6.45) is 1.13. The molecule has 0 saturated heterocycles. The molecular weight excluding hydrogens is 212 g/mol. The Balaban J connectivity index is 3.12. The van der Waals surface area contributed by atoms with Crippen LogP contribution in [-0.2, 0) is 16.1 Å². The van der Waals surface area contributed by atoms with Crippen molar-refractivity contribution in [3.8, 4) is 0 Å². The zero-order valence-corrected chi connectivity index (χ0v) is 9.01. The Labute approximate surface area is 92.5 Å². The molecule has 0 bridgehead atoms. The Morgan fingerprint density at radius 3 is 2.88 bits per heavy atom. The van der Waals surface area contributed by atoms with Gasteiger partial charge in [0, 0.05) is 7.11 Å². The molecule has 0 unspecified atom stereocenters. The lowest BCUT2D eigenvalue weighted by Crippen LogP contribution is -2.06. The summed E-state index contributed by atoms with van der Waals surface area (Å²) in [6, 6.07) is 3.02. The topological polar surface area (TPSA) is 81.0 Å². The van der Waals surface area contributed by atoms with E-state index in [0.717, 1.165) is 6.21 Å². The first-order valence-electron chi connectivity index (χ1n) is 4.47. The van der Waals surface area contributed by atoms with E-state index in [0.29, 0.717) is 17.0 Å². The number of pyridine rings is 1. The van der Waals surface area contributed by atoms with E-state index in [9.17, 15) is 4.79 Å². The van der Waals surface area contributed by atoms with Gasteiger partial charge in [-0.05, 0) is 12.1 Å². The minimum absolute atomic E-state index is 0.261. The summed E-state index contributed by atoms with van der Waals surface area (Å²) in [6.45, 7) is 0.261. The molecule has 86 valence electrons. The van der Waals surface area contributed by atoms with Crippen LogP contribution in [0.15, 0.2) is 17.3 Å².